The number of nitrogens with zero attached hydrogens (tertiary/aromatic N) is 1. The first kappa shape index (κ1) is 13.5. The Morgan fingerprint density at radius 3 is 2.82 bits per heavy atom. The number of carbonyl (C=O) groups is 1. The molecule has 0 unspecified atom stereocenters. The van der Waals surface area contributed by atoms with Crippen molar-refractivity contribution in [3.63, 3.8) is 0 Å². The van der Waals surface area contributed by atoms with Crippen LogP contribution in [0.3, 0.4) is 0 Å². The molecule has 1 aromatic carbocycles. The van der Waals surface area contributed by atoms with Crippen molar-refractivity contribution >= 4 is 16.7 Å². The molecule has 22 heavy (non-hydrogen) atoms. The molecule has 2 N–H and O–H groups in total. The molecule has 1 fully saturated rings. The maximum atomic E-state index is 12.5. The zero-order valence-corrected chi connectivity index (χ0v) is 12.4. The fraction of sp³-hybridized carbons (Fsp3) is 0.412. The summed E-state index contributed by atoms with van der Waals surface area (Å²) in [7, 11) is 0. The van der Waals surface area contributed by atoms with Crippen molar-refractivity contribution in [2.24, 2.45) is 0 Å². The minimum absolute atomic E-state index is 0.0475. The van der Waals surface area contributed by atoms with E-state index >= 15 is 0 Å². The highest BCUT2D eigenvalue weighted by molar-refractivity contribution is 5.87. The highest BCUT2D eigenvalue weighted by atomic mass is 16.2. The largest absolute Gasteiger partial charge is 0.335 e. The molecule has 0 saturated carbocycles. The lowest BCUT2D eigenvalue weighted by Crippen LogP contribution is -2.46. The zero-order chi connectivity index (χ0) is 15.1. The lowest BCUT2D eigenvalue weighted by atomic mass is 9.97. The Labute approximate surface area is 128 Å². The van der Waals surface area contributed by atoms with Crippen molar-refractivity contribution in [2.75, 3.05) is 13.1 Å². The Hall–Kier alpha value is -2.14. The molecule has 3 heterocycles. The molecule has 0 spiro atoms. The number of amides is 1. The van der Waals surface area contributed by atoms with E-state index in [1.807, 2.05) is 29.2 Å². The molecular weight excluding hydrogens is 278 g/mol. The van der Waals surface area contributed by atoms with E-state index in [9.17, 15) is 9.59 Å². The van der Waals surface area contributed by atoms with E-state index < -0.39 is 0 Å². The van der Waals surface area contributed by atoms with E-state index in [2.05, 4.69) is 10.3 Å². The second kappa shape index (κ2) is 5.25. The SMILES string of the molecule is O=C([C@@H]1CCCN1)N1CCc2c([nH]c(=O)c3ccccc23)C1. The smallest absolute Gasteiger partial charge is 0.256 e. The molecule has 0 bridgehead atoms. The van der Waals surface area contributed by atoms with Crippen LogP contribution in [0.4, 0.5) is 0 Å². The fourth-order valence-electron chi connectivity index (χ4n) is 3.63. The molecule has 2 aliphatic rings. The van der Waals surface area contributed by atoms with Gasteiger partial charge in [0.05, 0.1) is 12.6 Å². The second-order valence-corrected chi connectivity index (χ2v) is 6.12. The van der Waals surface area contributed by atoms with Crippen molar-refractivity contribution < 1.29 is 4.79 Å². The summed E-state index contributed by atoms with van der Waals surface area (Å²) in [5.74, 6) is 0.164. The van der Waals surface area contributed by atoms with Crippen molar-refractivity contribution in [3.8, 4) is 0 Å². The lowest BCUT2D eigenvalue weighted by Gasteiger charge is -2.31. The Balaban J connectivity index is 1.69. The van der Waals surface area contributed by atoms with Crippen molar-refractivity contribution in [3.05, 3.63) is 45.9 Å². The number of hydrogen-bond donors (Lipinski definition) is 2. The van der Waals surface area contributed by atoms with Crippen molar-refractivity contribution in [1.82, 2.24) is 15.2 Å². The third kappa shape index (κ3) is 2.13. The van der Waals surface area contributed by atoms with Gasteiger partial charge >= 0.3 is 0 Å². The van der Waals surface area contributed by atoms with Crippen LogP contribution < -0.4 is 10.9 Å². The number of fused-ring (bicyclic) bond motifs is 3. The number of nitrogens with one attached hydrogen (secondary N) is 2. The Bertz CT molecular complexity index is 790. The van der Waals surface area contributed by atoms with Gasteiger partial charge in [0.2, 0.25) is 5.91 Å². The summed E-state index contributed by atoms with van der Waals surface area (Å²) in [5, 5.41) is 5.01. The molecule has 0 aliphatic carbocycles. The molecule has 4 rings (SSSR count). The van der Waals surface area contributed by atoms with Crippen LogP contribution >= 0.6 is 0 Å². The Kier molecular flexibility index (Phi) is 3.22. The quantitative estimate of drug-likeness (QED) is 0.830. The van der Waals surface area contributed by atoms with E-state index in [4.69, 9.17) is 0 Å². The summed E-state index contributed by atoms with van der Waals surface area (Å²) in [6, 6.07) is 7.65. The van der Waals surface area contributed by atoms with Gasteiger partial charge in [0, 0.05) is 17.6 Å². The Morgan fingerprint density at radius 2 is 2.05 bits per heavy atom. The second-order valence-electron chi connectivity index (χ2n) is 6.12. The topological polar surface area (TPSA) is 65.2 Å². The third-order valence-electron chi connectivity index (χ3n) is 4.78. The van der Waals surface area contributed by atoms with Crippen LogP contribution in [-0.4, -0.2) is 34.9 Å². The summed E-state index contributed by atoms with van der Waals surface area (Å²) in [5.41, 5.74) is 2.00. The minimum Gasteiger partial charge on any atom is -0.335 e. The predicted molar refractivity (Wildman–Crippen MR) is 84.7 cm³/mol. The number of carbonyl (C=O) groups excluding carboxylic acids is 1. The number of pyridine rings is 1. The molecule has 5 heteroatoms. The summed E-state index contributed by atoms with van der Waals surface area (Å²) in [6.07, 6.45) is 2.77. The van der Waals surface area contributed by atoms with Gasteiger partial charge in [0.1, 0.15) is 0 Å². The molecule has 2 aliphatic heterocycles. The number of rotatable bonds is 1. The van der Waals surface area contributed by atoms with Gasteiger partial charge in [-0.3, -0.25) is 9.59 Å². The molecule has 2 aromatic rings. The van der Waals surface area contributed by atoms with E-state index in [0.29, 0.717) is 6.54 Å². The van der Waals surface area contributed by atoms with Gasteiger partial charge in [-0.1, -0.05) is 18.2 Å². The Morgan fingerprint density at radius 1 is 1.23 bits per heavy atom. The van der Waals surface area contributed by atoms with Gasteiger partial charge in [-0.2, -0.15) is 0 Å². The van der Waals surface area contributed by atoms with Crippen LogP contribution in [0.1, 0.15) is 24.1 Å². The van der Waals surface area contributed by atoms with Gasteiger partial charge in [0.25, 0.3) is 5.56 Å². The van der Waals surface area contributed by atoms with E-state index in [0.717, 1.165) is 48.8 Å². The van der Waals surface area contributed by atoms with Crippen LogP contribution in [0.5, 0.6) is 0 Å². The van der Waals surface area contributed by atoms with Crippen LogP contribution in [0.25, 0.3) is 10.8 Å². The van der Waals surface area contributed by atoms with Crippen molar-refractivity contribution in [2.45, 2.75) is 31.8 Å². The highest BCUT2D eigenvalue weighted by Gasteiger charge is 2.30. The van der Waals surface area contributed by atoms with E-state index in [1.54, 1.807) is 0 Å². The molecule has 1 saturated heterocycles. The maximum Gasteiger partial charge on any atom is 0.256 e. The van der Waals surface area contributed by atoms with Crippen LogP contribution in [0, 0.1) is 0 Å². The summed E-state index contributed by atoms with van der Waals surface area (Å²) in [6.45, 7) is 2.15. The predicted octanol–water partition coefficient (Wildman–Crippen LogP) is 1.16. The maximum absolute atomic E-state index is 12.5. The highest BCUT2D eigenvalue weighted by Crippen LogP contribution is 2.24. The van der Waals surface area contributed by atoms with Crippen LogP contribution in [-0.2, 0) is 17.8 Å². The molecule has 114 valence electrons. The van der Waals surface area contributed by atoms with Gasteiger partial charge < -0.3 is 15.2 Å². The van der Waals surface area contributed by atoms with Crippen LogP contribution in [0.15, 0.2) is 29.1 Å². The van der Waals surface area contributed by atoms with E-state index in [-0.39, 0.29) is 17.5 Å². The summed E-state index contributed by atoms with van der Waals surface area (Å²) >= 11 is 0. The third-order valence-corrected chi connectivity index (χ3v) is 4.78. The number of H-pyrrole nitrogens is 1. The molecule has 5 nitrogen and oxygen atoms in total. The average molecular weight is 297 g/mol. The molecule has 0 radical (unpaired) electrons. The average Bonchev–Trinajstić information content (AvgIpc) is 3.08. The summed E-state index contributed by atoms with van der Waals surface area (Å²) in [4.78, 5) is 29.6. The standard InChI is InChI=1S/C17H19N3O2/c21-16-13-5-2-1-4-11(13)12-7-9-20(10-15(12)19-16)17(22)14-6-3-8-18-14/h1-2,4-5,14,18H,3,6-10H2,(H,19,21)/t14-/m0/s1. The number of aromatic amines is 1. The number of benzene rings is 1. The molecule has 1 atom stereocenters. The normalized spacial score (nSPS) is 21.1. The van der Waals surface area contributed by atoms with Gasteiger partial charge in [-0.05, 0) is 42.8 Å². The molecule has 1 aromatic heterocycles. The summed E-state index contributed by atoms with van der Waals surface area (Å²) < 4.78 is 0. The molecular formula is C17H19N3O2. The first-order valence-electron chi connectivity index (χ1n) is 7.89. The minimum atomic E-state index is -0.0670. The monoisotopic (exact) mass is 297 g/mol. The fourth-order valence-corrected chi connectivity index (χ4v) is 3.63. The zero-order valence-electron chi connectivity index (χ0n) is 12.4. The first-order valence-corrected chi connectivity index (χ1v) is 7.89. The lowest BCUT2D eigenvalue weighted by molar-refractivity contribution is -0.134. The van der Waals surface area contributed by atoms with Gasteiger partial charge in [0.15, 0.2) is 0 Å². The molecule has 1 amide bonds. The van der Waals surface area contributed by atoms with E-state index in [1.165, 1.54) is 5.56 Å². The van der Waals surface area contributed by atoms with Gasteiger partial charge in [-0.15, -0.1) is 0 Å². The first-order chi connectivity index (χ1) is 10.7. The number of hydrogen-bond acceptors (Lipinski definition) is 3. The van der Waals surface area contributed by atoms with Crippen molar-refractivity contribution in [1.29, 1.82) is 0 Å². The van der Waals surface area contributed by atoms with Crippen LogP contribution in [0.2, 0.25) is 0 Å². The number of aromatic nitrogens is 1. The van der Waals surface area contributed by atoms with Gasteiger partial charge in [-0.25, -0.2) is 0 Å².